The van der Waals surface area contributed by atoms with Crippen molar-refractivity contribution in [1.82, 2.24) is 14.9 Å². The van der Waals surface area contributed by atoms with E-state index in [2.05, 4.69) is 10.3 Å². The molecule has 1 aliphatic carbocycles. The van der Waals surface area contributed by atoms with Crippen LogP contribution in [-0.2, 0) is 11.4 Å². The number of imidazole rings is 1. The molecule has 1 aromatic heterocycles. The molecule has 0 unspecified atom stereocenters. The summed E-state index contributed by atoms with van der Waals surface area (Å²) in [5, 5.41) is 13.7. The quantitative estimate of drug-likeness (QED) is 0.366. The molecule has 2 N–H and O–H groups in total. The third kappa shape index (κ3) is 7.33. The van der Waals surface area contributed by atoms with Crippen LogP contribution in [0.2, 0.25) is 10.0 Å². The Hall–Kier alpha value is -2.34. The third-order valence-corrected chi connectivity index (χ3v) is 6.24. The summed E-state index contributed by atoms with van der Waals surface area (Å²) >= 11 is 12.3. The number of nitrogens with one attached hydrogen (secondary N) is 1. The Balaban J connectivity index is 0.000000311. The van der Waals surface area contributed by atoms with Crippen molar-refractivity contribution in [1.29, 1.82) is 0 Å². The molecule has 184 valence electrons. The van der Waals surface area contributed by atoms with Crippen LogP contribution < -0.4 is 5.32 Å². The lowest BCUT2D eigenvalue weighted by Crippen LogP contribution is -2.29. The second kappa shape index (κ2) is 14.1. The first kappa shape index (κ1) is 27.9. The molecular formula is C27H35Cl2N3O2. The zero-order chi connectivity index (χ0) is 25.1. The van der Waals surface area contributed by atoms with Crippen LogP contribution in [-0.4, -0.2) is 27.1 Å². The second-order valence-electron chi connectivity index (χ2n) is 8.04. The number of aryl methyl sites for hydroxylation is 2. The first-order valence-electron chi connectivity index (χ1n) is 11.9. The van der Waals surface area contributed by atoms with E-state index in [1.165, 1.54) is 37.7 Å². The van der Waals surface area contributed by atoms with Crippen molar-refractivity contribution in [3.8, 4) is 17.1 Å². The fraction of sp³-hybridized carbons (Fsp3) is 0.407. The molecule has 1 saturated carbocycles. The summed E-state index contributed by atoms with van der Waals surface area (Å²) in [6.07, 6.45) is 7.08. The maximum absolute atomic E-state index is 9.96. The minimum Gasteiger partial charge on any atom is -0.390 e. The van der Waals surface area contributed by atoms with Crippen molar-refractivity contribution >= 4 is 29.6 Å². The van der Waals surface area contributed by atoms with Gasteiger partial charge in [-0.2, -0.15) is 0 Å². The number of carbonyl (C=O) groups is 1. The van der Waals surface area contributed by atoms with E-state index in [9.17, 15) is 9.90 Å². The lowest BCUT2D eigenvalue weighted by Gasteiger charge is -2.19. The SMILES string of the molecule is CC.Cc1ccc(-n2c(-c3ccc(Cl)cc3Cl)nc(C)c2CO)cc1.O=CNC1CCCCC1. The van der Waals surface area contributed by atoms with Crippen molar-refractivity contribution in [3.63, 3.8) is 0 Å². The lowest BCUT2D eigenvalue weighted by atomic mass is 9.96. The fourth-order valence-electron chi connectivity index (χ4n) is 3.94. The minimum atomic E-state index is -0.0993. The number of benzene rings is 2. The Morgan fingerprint density at radius 2 is 1.71 bits per heavy atom. The van der Waals surface area contributed by atoms with Gasteiger partial charge < -0.3 is 10.4 Å². The highest BCUT2D eigenvalue weighted by Crippen LogP contribution is 2.33. The molecule has 0 saturated heterocycles. The van der Waals surface area contributed by atoms with E-state index in [0.717, 1.165) is 29.0 Å². The van der Waals surface area contributed by atoms with E-state index >= 15 is 0 Å². The number of nitrogens with zero attached hydrogens (tertiary/aromatic N) is 2. The average Bonchev–Trinajstić information content (AvgIpc) is 3.18. The van der Waals surface area contributed by atoms with Gasteiger partial charge in [0.25, 0.3) is 0 Å². The number of carbonyl (C=O) groups excluding carboxylic acids is 1. The number of aliphatic hydroxyl groups is 1. The molecule has 34 heavy (non-hydrogen) atoms. The molecule has 0 aliphatic heterocycles. The van der Waals surface area contributed by atoms with Crippen LogP contribution >= 0.6 is 23.2 Å². The molecular weight excluding hydrogens is 469 g/mol. The summed E-state index contributed by atoms with van der Waals surface area (Å²) in [6.45, 7) is 7.81. The highest BCUT2D eigenvalue weighted by molar-refractivity contribution is 6.36. The predicted molar refractivity (Wildman–Crippen MR) is 142 cm³/mol. The predicted octanol–water partition coefficient (Wildman–Crippen LogP) is 7.05. The van der Waals surface area contributed by atoms with E-state index in [0.29, 0.717) is 21.9 Å². The molecule has 4 rings (SSSR count). The van der Waals surface area contributed by atoms with Crippen molar-refractivity contribution in [3.05, 3.63) is 69.5 Å². The minimum absolute atomic E-state index is 0.0993. The maximum Gasteiger partial charge on any atom is 0.207 e. The molecule has 5 nitrogen and oxygen atoms in total. The Morgan fingerprint density at radius 3 is 2.26 bits per heavy atom. The maximum atomic E-state index is 9.96. The van der Waals surface area contributed by atoms with E-state index in [1.54, 1.807) is 12.1 Å². The first-order chi connectivity index (χ1) is 16.4. The van der Waals surface area contributed by atoms with Crippen LogP contribution in [0.4, 0.5) is 0 Å². The Kier molecular flexibility index (Phi) is 11.6. The van der Waals surface area contributed by atoms with Gasteiger partial charge in [-0.25, -0.2) is 4.98 Å². The van der Waals surface area contributed by atoms with Crippen molar-refractivity contribution in [2.75, 3.05) is 0 Å². The van der Waals surface area contributed by atoms with Crippen molar-refractivity contribution in [2.45, 2.75) is 72.4 Å². The van der Waals surface area contributed by atoms with Gasteiger partial charge in [-0.1, -0.05) is 74.0 Å². The Labute approximate surface area is 213 Å². The van der Waals surface area contributed by atoms with Gasteiger partial charge in [-0.15, -0.1) is 0 Å². The van der Waals surface area contributed by atoms with Crippen LogP contribution in [0.25, 0.3) is 17.1 Å². The van der Waals surface area contributed by atoms with Crippen LogP contribution in [0, 0.1) is 13.8 Å². The topological polar surface area (TPSA) is 67.1 Å². The number of aromatic nitrogens is 2. The van der Waals surface area contributed by atoms with Gasteiger partial charge in [-0.05, 0) is 57.0 Å². The molecule has 0 spiro atoms. The second-order valence-corrected chi connectivity index (χ2v) is 8.88. The van der Waals surface area contributed by atoms with Crippen LogP contribution in [0.15, 0.2) is 42.5 Å². The standard InChI is InChI=1S/C18H16Cl2N2O.C7H13NO.C2H6/c1-11-3-6-14(7-4-11)22-17(10-23)12(2)21-18(22)15-8-5-13(19)9-16(15)20;9-6-8-7-4-2-1-3-5-7;1-2/h3-9,23H,10H2,1-2H3;6-7H,1-5H2,(H,8,9);1-2H3. The van der Waals surface area contributed by atoms with E-state index in [-0.39, 0.29) is 6.61 Å². The molecule has 1 fully saturated rings. The van der Waals surface area contributed by atoms with Crippen LogP contribution in [0.3, 0.4) is 0 Å². The number of hydrogen-bond donors (Lipinski definition) is 2. The summed E-state index contributed by atoms with van der Waals surface area (Å²) in [5.41, 5.74) is 4.40. The normalized spacial score (nSPS) is 13.3. The molecule has 7 heteroatoms. The highest BCUT2D eigenvalue weighted by atomic mass is 35.5. The molecule has 1 heterocycles. The van der Waals surface area contributed by atoms with Gasteiger partial charge in [-0.3, -0.25) is 9.36 Å². The van der Waals surface area contributed by atoms with Gasteiger partial charge in [0, 0.05) is 22.3 Å². The van der Waals surface area contributed by atoms with Crippen molar-refractivity contribution in [2.24, 2.45) is 0 Å². The van der Waals surface area contributed by atoms with Gasteiger partial charge in [0.05, 0.1) is 23.0 Å². The average molecular weight is 505 g/mol. The third-order valence-electron chi connectivity index (χ3n) is 5.70. The van der Waals surface area contributed by atoms with Crippen molar-refractivity contribution < 1.29 is 9.90 Å². The monoisotopic (exact) mass is 503 g/mol. The first-order valence-corrected chi connectivity index (χ1v) is 12.6. The van der Waals surface area contributed by atoms with Gasteiger partial charge >= 0.3 is 0 Å². The summed E-state index contributed by atoms with van der Waals surface area (Å²) < 4.78 is 1.93. The highest BCUT2D eigenvalue weighted by Gasteiger charge is 2.19. The fourth-order valence-corrected chi connectivity index (χ4v) is 4.43. The molecule has 0 atom stereocenters. The zero-order valence-electron chi connectivity index (χ0n) is 20.4. The largest absolute Gasteiger partial charge is 0.390 e. The van der Waals surface area contributed by atoms with Gasteiger partial charge in [0.2, 0.25) is 6.41 Å². The summed E-state index contributed by atoms with van der Waals surface area (Å²) in [7, 11) is 0. The zero-order valence-corrected chi connectivity index (χ0v) is 22.0. The smallest absolute Gasteiger partial charge is 0.207 e. The summed E-state index contributed by atoms with van der Waals surface area (Å²) in [4.78, 5) is 14.6. The molecule has 0 bridgehead atoms. The number of rotatable bonds is 5. The van der Waals surface area contributed by atoms with Gasteiger partial charge in [0.15, 0.2) is 0 Å². The summed E-state index contributed by atoms with van der Waals surface area (Å²) in [5.74, 6) is 0.692. The Bertz CT molecular complexity index is 1040. The molecule has 2 aromatic carbocycles. The molecule has 0 radical (unpaired) electrons. The van der Waals surface area contributed by atoms with Crippen LogP contribution in [0.1, 0.15) is 62.9 Å². The summed E-state index contributed by atoms with van der Waals surface area (Å²) in [6, 6.07) is 13.9. The Morgan fingerprint density at radius 1 is 1.06 bits per heavy atom. The van der Waals surface area contributed by atoms with E-state index < -0.39 is 0 Å². The van der Waals surface area contributed by atoms with E-state index in [4.69, 9.17) is 23.2 Å². The number of hydrogen-bond acceptors (Lipinski definition) is 3. The molecule has 1 aliphatic rings. The lowest BCUT2D eigenvalue weighted by molar-refractivity contribution is -0.110. The van der Waals surface area contributed by atoms with Crippen LogP contribution in [0.5, 0.6) is 0 Å². The molecule has 1 amide bonds. The number of aliphatic hydroxyl groups excluding tert-OH is 1. The van der Waals surface area contributed by atoms with Gasteiger partial charge in [0.1, 0.15) is 5.82 Å². The molecule has 3 aromatic rings. The number of amides is 1. The number of halogens is 2. The van der Waals surface area contributed by atoms with E-state index in [1.807, 2.05) is 62.6 Å².